The Labute approximate surface area is 188 Å². The van der Waals surface area contributed by atoms with Crippen molar-refractivity contribution in [3.05, 3.63) is 64.9 Å². The highest BCUT2D eigenvalue weighted by molar-refractivity contribution is 6.45. The van der Waals surface area contributed by atoms with Crippen LogP contribution in [0, 0.1) is 19.8 Å². The lowest BCUT2D eigenvalue weighted by atomic mass is 9.95. The number of rotatable bonds is 4. The maximum absolute atomic E-state index is 13.7. The first-order valence-corrected chi connectivity index (χ1v) is 11.1. The van der Waals surface area contributed by atoms with Crippen LogP contribution in [-0.2, 0) is 14.4 Å². The summed E-state index contributed by atoms with van der Waals surface area (Å²) in [4.78, 5) is 42.0. The molecule has 0 saturated carbocycles. The number of carbonyl (C=O) groups is 3. The van der Waals surface area contributed by atoms with Crippen molar-refractivity contribution < 1.29 is 14.4 Å². The smallest absolute Gasteiger partial charge is 0.282 e. The van der Waals surface area contributed by atoms with Gasteiger partial charge in [0.1, 0.15) is 5.70 Å². The van der Waals surface area contributed by atoms with Crippen molar-refractivity contribution in [3.8, 4) is 0 Å². The first-order valence-electron chi connectivity index (χ1n) is 11.1. The molecular weight excluding hydrogens is 402 g/mol. The number of piperidine rings is 1. The second-order valence-electron chi connectivity index (χ2n) is 8.89. The van der Waals surface area contributed by atoms with Gasteiger partial charge in [-0.2, -0.15) is 0 Å². The highest BCUT2D eigenvalue weighted by atomic mass is 16.2. The van der Waals surface area contributed by atoms with Gasteiger partial charge >= 0.3 is 0 Å². The van der Waals surface area contributed by atoms with E-state index in [9.17, 15) is 14.4 Å². The number of benzene rings is 2. The van der Waals surface area contributed by atoms with E-state index >= 15 is 0 Å². The molecule has 166 valence electrons. The number of amides is 3. The van der Waals surface area contributed by atoms with E-state index in [1.165, 1.54) is 11.8 Å². The molecule has 0 spiro atoms. The Kier molecular flexibility index (Phi) is 5.87. The summed E-state index contributed by atoms with van der Waals surface area (Å²) in [7, 11) is 0. The van der Waals surface area contributed by atoms with Crippen molar-refractivity contribution in [3.63, 3.8) is 0 Å². The molecule has 0 aliphatic carbocycles. The van der Waals surface area contributed by atoms with Gasteiger partial charge in [0.05, 0.1) is 11.3 Å². The zero-order valence-electron chi connectivity index (χ0n) is 19.1. The van der Waals surface area contributed by atoms with Crippen LogP contribution < -0.4 is 10.2 Å². The molecule has 1 saturated heterocycles. The normalized spacial score (nSPS) is 17.4. The molecule has 0 bridgehead atoms. The SMILES string of the molecule is CC(=O)Nc1ccc(N2C(=O)C(c3ccc(C)cc3C)=C(N3CCC(C)CC3)C2=O)cc1. The molecule has 2 aliphatic heterocycles. The number of hydrogen-bond donors (Lipinski definition) is 1. The van der Waals surface area contributed by atoms with E-state index in [2.05, 4.69) is 17.1 Å². The molecule has 0 radical (unpaired) electrons. The summed E-state index contributed by atoms with van der Waals surface area (Å²) in [5.41, 5.74) is 4.99. The van der Waals surface area contributed by atoms with Crippen LogP contribution in [0.2, 0.25) is 0 Å². The van der Waals surface area contributed by atoms with Crippen LogP contribution in [-0.4, -0.2) is 35.7 Å². The number of imide groups is 1. The minimum absolute atomic E-state index is 0.175. The van der Waals surface area contributed by atoms with Crippen LogP contribution in [0.3, 0.4) is 0 Å². The van der Waals surface area contributed by atoms with Crippen LogP contribution in [0.5, 0.6) is 0 Å². The third-order valence-electron chi connectivity index (χ3n) is 6.26. The molecular formula is C26H29N3O3. The lowest BCUT2D eigenvalue weighted by molar-refractivity contribution is -0.121. The number of hydrogen-bond acceptors (Lipinski definition) is 4. The van der Waals surface area contributed by atoms with E-state index in [0.29, 0.717) is 28.6 Å². The quantitative estimate of drug-likeness (QED) is 0.734. The van der Waals surface area contributed by atoms with Crippen LogP contribution in [0.4, 0.5) is 11.4 Å². The Morgan fingerprint density at radius 1 is 0.969 bits per heavy atom. The van der Waals surface area contributed by atoms with Crippen molar-refractivity contribution in [1.82, 2.24) is 4.90 Å². The third kappa shape index (κ3) is 4.05. The summed E-state index contributed by atoms with van der Waals surface area (Å²) in [6.45, 7) is 9.18. The van der Waals surface area contributed by atoms with Crippen LogP contribution >= 0.6 is 0 Å². The predicted octanol–water partition coefficient (Wildman–Crippen LogP) is 4.28. The fourth-order valence-electron chi connectivity index (χ4n) is 4.51. The molecule has 1 fully saturated rings. The zero-order chi connectivity index (χ0) is 23.0. The number of likely N-dealkylation sites (tertiary alicyclic amines) is 1. The van der Waals surface area contributed by atoms with Gasteiger partial charge in [0.15, 0.2) is 0 Å². The average molecular weight is 432 g/mol. The minimum Gasteiger partial charge on any atom is -0.366 e. The van der Waals surface area contributed by atoms with Crippen molar-refractivity contribution in [1.29, 1.82) is 0 Å². The van der Waals surface area contributed by atoms with Crippen LogP contribution in [0.25, 0.3) is 5.57 Å². The van der Waals surface area contributed by atoms with E-state index in [-0.39, 0.29) is 17.7 Å². The van der Waals surface area contributed by atoms with Crippen molar-refractivity contribution in [2.75, 3.05) is 23.3 Å². The molecule has 6 nitrogen and oxygen atoms in total. The lowest BCUT2D eigenvalue weighted by Gasteiger charge is -2.32. The van der Waals surface area contributed by atoms with E-state index in [1.54, 1.807) is 24.3 Å². The van der Waals surface area contributed by atoms with Crippen LogP contribution in [0.1, 0.15) is 43.4 Å². The lowest BCUT2D eigenvalue weighted by Crippen LogP contribution is -2.38. The van der Waals surface area contributed by atoms with E-state index in [0.717, 1.165) is 42.6 Å². The maximum atomic E-state index is 13.7. The number of nitrogens with zero attached hydrogens (tertiary/aromatic N) is 2. The van der Waals surface area contributed by atoms with E-state index < -0.39 is 0 Å². The monoisotopic (exact) mass is 431 g/mol. The van der Waals surface area contributed by atoms with Crippen molar-refractivity contribution >= 4 is 34.7 Å². The highest BCUT2D eigenvalue weighted by Gasteiger charge is 2.43. The summed E-state index contributed by atoms with van der Waals surface area (Å²) in [5.74, 6) is -0.151. The summed E-state index contributed by atoms with van der Waals surface area (Å²) in [6, 6.07) is 12.8. The second kappa shape index (κ2) is 8.61. The Hall–Kier alpha value is -3.41. The largest absolute Gasteiger partial charge is 0.366 e. The van der Waals surface area contributed by atoms with Gasteiger partial charge in [0.25, 0.3) is 11.8 Å². The second-order valence-corrected chi connectivity index (χ2v) is 8.89. The van der Waals surface area contributed by atoms with Gasteiger partial charge in [-0.25, -0.2) is 4.90 Å². The Morgan fingerprint density at radius 3 is 2.22 bits per heavy atom. The van der Waals surface area contributed by atoms with Gasteiger partial charge in [-0.3, -0.25) is 14.4 Å². The predicted molar refractivity (Wildman–Crippen MR) is 126 cm³/mol. The minimum atomic E-state index is -0.303. The van der Waals surface area contributed by atoms with Crippen molar-refractivity contribution in [2.45, 2.75) is 40.5 Å². The summed E-state index contributed by atoms with van der Waals surface area (Å²) in [5, 5.41) is 2.71. The molecule has 1 N–H and O–H groups in total. The fraction of sp³-hybridized carbons (Fsp3) is 0.346. The molecule has 2 aromatic carbocycles. The Bertz CT molecular complexity index is 1110. The van der Waals surface area contributed by atoms with E-state index in [1.807, 2.05) is 32.0 Å². The molecule has 4 rings (SSSR count). The van der Waals surface area contributed by atoms with Gasteiger partial charge in [-0.1, -0.05) is 30.7 Å². The third-order valence-corrected chi connectivity index (χ3v) is 6.26. The topological polar surface area (TPSA) is 69.7 Å². The van der Waals surface area contributed by atoms with Crippen LogP contribution in [0.15, 0.2) is 48.2 Å². The Morgan fingerprint density at radius 2 is 1.62 bits per heavy atom. The molecule has 0 aromatic heterocycles. The van der Waals surface area contributed by atoms with Gasteiger partial charge < -0.3 is 10.2 Å². The molecule has 3 amide bonds. The molecule has 2 heterocycles. The number of carbonyl (C=O) groups excluding carboxylic acids is 3. The number of aryl methyl sites for hydroxylation is 2. The van der Waals surface area contributed by atoms with Gasteiger partial charge in [-0.05, 0) is 68.0 Å². The molecule has 0 unspecified atom stereocenters. The Balaban J connectivity index is 1.77. The number of anilines is 2. The van der Waals surface area contributed by atoms with Gasteiger partial charge in [0, 0.05) is 25.7 Å². The average Bonchev–Trinajstić information content (AvgIpc) is 2.99. The van der Waals surface area contributed by atoms with Gasteiger partial charge in [-0.15, -0.1) is 0 Å². The first kappa shape index (κ1) is 21.8. The number of nitrogens with one attached hydrogen (secondary N) is 1. The van der Waals surface area contributed by atoms with Gasteiger partial charge in [0.2, 0.25) is 5.91 Å². The molecule has 2 aliphatic rings. The fourth-order valence-corrected chi connectivity index (χ4v) is 4.51. The zero-order valence-corrected chi connectivity index (χ0v) is 19.1. The standard InChI is InChI=1S/C26H29N3O3/c1-16-11-13-28(14-12-16)24-23(22-10-5-17(2)15-18(22)3)25(31)29(26(24)32)21-8-6-20(7-9-21)27-19(4)30/h5-10,15-16H,11-14H2,1-4H3,(H,27,30). The molecule has 2 aromatic rings. The van der Waals surface area contributed by atoms with Crippen molar-refractivity contribution in [2.24, 2.45) is 5.92 Å². The molecule has 6 heteroatoms. The van der Waals surface area contributed by atoms with E-state index in [4.69, 9.17) is 0 Å². The molecule has 32 heavy (non-hydrogen) atoms. The summed E-state index contributed by atoms with van der Waals surface area (Å²) < 4.78 is 0. The maximum Gasteiger partial charge on any atom is 0.282 e. The highest BCUT2D eigenvalue weighted by Crippen LogP contribution is 2.37. The summed E-state index contributed by atoms with van der Waals surface area (Å²) >= 11 is 0. The molecule has 0 atom stereocenters. The first-order chi connectivity index (χ1) is 15.3. The summed E-state index contributed by atoms with van der Waals surface area (Å²) in [6.07, 6.45) is 1.99.